The summed E-state index contributed by atoms with van der Waals surface area (Å²) >= 11 is 0. The highest BCUT2D eigenvalue weighted by Gasteiger charge is 2.33. The predicted octanol–water partition coefficient (Wildman–Crippen LogP) is 2.78. The number of hydrogen-bond donors (Lipinski definition) is 0. The molecule has 25 heavy (non-hydrogen) atoms. The Labute approximate surface area is 148 Å². The maximum Gasteiger partial charge on any atom is 0.244 e. The van der Waals surface area contributed by atoms with Crippen molar-refractivity contribution in [2.75, 3.05) is 26.7 Å². The molecule has 6 nitrogen and oxygen atoms in total. The van der Waals surface area contributed by atoms with E-state index in [2.05, 4.69) is 22.0 Å². The van der Waals surface area contributed by atoms with Gasteiger partial charge in [-0.2, -0.15) is 4.98 Å². The van der Waals surface area contributed by atoms with Crippen molar-refractivity contribution in [3.63, 3.8) is 0 Å². The number of aromatic nitrogens is 2. The van der Waals surface area contributed by atoms with Gasteiger partial charge < -0.3 is 9.42 Å². The molecule has 2 heterocycles. The number of likely N-dealkylation sites (N-methyl/N-ethyl adjacent to an activating group) is 1. The molecule has 1 aromatic heterocycles. The molecule has 2 atom stereocenters. The van der Waals surface area contributed by atoms with Crippen molar-refractivity contribution in [1.82, 2.24) is 19.9 Å². The molecule has 1 fully saturated rings. The first-order chi connectivity index (χ1) is 12.1. The van der Waals surface area contributed by atoms with Gasteiger partial charge in [-0.1, -0.05) is 42.4 Å². The van der Waals surface area contributed by atoms with Gasteiger partial charge in [0.1, 0.15) is 6.04 Å². The van der Waals surface area contributed by atoms with Crippen LogP contribution in [0.3, 0.4) is 0 Å². The summed E-state index contributed by atoms with van der Waals surface area (Å²) < 4.78 is 5.11. The summed E-state index contributed by atoms with van der Waals surface area (Å²) in [6, 6.07) is 9.75. The van der Waals surface area contributed by atoms with Crippen LogP contribution in [0.2, 0.25) is 0 Å². The van der Waals surface area contributed by atoms with E-state index in [0.717, 1.165) is 37.3 Å². The molecule has 0 N–H and O–H groups in total. The van der Waals surface area contributed by atoms with Crippen LogP contribution < -0.4 is 0 Å². The topological polar surface area (TPSA) is 62.5 Å². The second-order valence-corrected chi connectivity index (χ2v) is 6.68. The molecule has 1 saturated heterocycles. The van der Waals surface area contributed by atoms with Crippen molar-refractivity contribution in [1.29, 1.82) is 0 Å². The third-order valence-corrected chi connectivity index (χ3v) is 4.93. The Morgan fingerprint density at radius 2 is 2.16 bits per heavy atom. The molecule has 1 aliphatic rings. The second-order valence-electron chi connectivity index (χ2n) is 6.68. The van der Waals surface area contributed by atoms with Crippen molar-refractivity contribution in [2.24, 2.45) is 0 Å². The molecular formula is C19H26N4O2. The Bertz CT molecular complexity index is 700. The molecule has 1 amide bonds. The van der Waals surface area contributed by atoms with Crippen molar-refractivity contribution in [2.45, 2.75) is 38.6 Å². The van der Waals surface area contributed by atoms with Gasteiger partial charge in [0.05, 0.1) is 0 Å². The number of nitrogens with zero attached hydrogens (tertiary/aromatic N) is 4. The third kappa shape index (κ3) is 3.90. The summed E-state index contributed by atoms with van der Waals surface area (Å²) in [5, 5.41) is 4.05. The molecule has 0 spiro atoms. The quantitative estimate of drug-likeness (QED) is 0.836. The minimum absolute atomic E-state index is 0.151. The standard InChI is InChI=1S/C19H26N4O2/c1-4-22(3)17(15-9-6-5-7-10-15)19(24)23-12-8-11-16(13-23)18-20-14(2)25-21-18/h5-7,9-10,16-17H,4,8,11-13H2,1-3H3/t16-,17+/m0/s1. The van der Waals surface area contributed by atoms with Gasteiger partial charge in [-0.15, -0.1) is 0 Å². The molecule has 0 unspecified atom stereocenters. The highest BCUT2D eigenvalue weighted by molar-refractivity contribution is 5.83. The molecule has 0 radical (unpaired) electrons. The first kappa shape index (κ1) is 17.6. The molecule has 1 aliphatic heterocycles. The zero-order chi connectivity index (χ0) is 17.8. The fraction of sp³-hybridized carbons (Fsp3) is 0.526. The Kier molecular flexibility index (Phi) is 5.48. The summed E-state index contributed by atoms with van der Waals surface area (Å²) in [6.45, 7) is 6.12. The maximum atomic E-state index is 13.3. The normalized spacial score (nSPS) is 19.2. The lowest BCUT2D eigenvalue weighted by Gasteiger charge is -2.36. The number of hydrogen-bond acceptors (Lipinski definition) is 5. The number of piperidine rings is 1. The average Bonchev–Trinajstić information content (AvgIpc) is 3.09. The maximum absolute atomic E-state index is 13.3. The summed E-state index contributed by atoms with van der Waals surface area (Å²) in [5.74, 6) is 1.60. The van der Waals surface area contributed by atoms with Crippen LogP contribution in [0.5, 0.6) is 0 Å². The first-order valence-corrected chi connectivity index (χ1v) is 8.94. The monoisotopic (exact) mass is 342 g/mol. The summed E-state index contributed by atoms with van der Waals surface area (Å²) in [5.41, 5.74) is 1.04. The van der Waals surface area contributed by atoms with E-state index in [9.17, 15) is 4.79 Å². The molecule has 6 heteroatoms. The Hall–Kier alpha value is -2.21. The molecule has 2 aromatic rings. The van der Waals surface area contributed by atoms with Crippen LogP contribution in [0, 0.1) is 6.92 Å². The summed E-state index contributed by atoms with van der Waals surface area (Å²) in [6.07, 6.45) is 1.95. The molecular weight excluding hydrogens is 316 g/mol. The van der Waals surface area contributed by atoms with Gasteiger partial charge >= 0.3 is 0 Å². The lowest BCUT2D eigenvalue weighted by Crippen LogP contribution is -2.45. The lowest BCUT2D eigenvalue weighted by atomic mass is 9.95. The van der Waals surface area contributed by atoms with Crippen LogP contribution in [-0.2, 0) is 4.79 Å². The van der Waals surface area contributed by atoms with E-state index in [1.165, 1.54) is 0 Å². The minimum atomic E-state index is -0.253. The number of benzene rings is 1. The number of aryl methyl sites for hydroxylation is 1. The van der Waals surface area contributed by atoms with Crippen molar-refractivity contribution < 1.29 is 9.32 Å². The van der Waals surface area contributed by atoms with Crippen LogP contribution in [0.1, 0.15) is 49.0 Å². The molecule has 134 valence electrons. The Balaban J connectivity index is 1.79. The third-order valence-electron chi connectivity index (χ3n) is 4.93. The van der Waals surface area contributed by atoms with Crippen molar-refractivity contribution >= 4 is 5.91 Å². The number of rotatable bonds is 5. The fourth-order valence-electron chi connectivity index (χ4n) is 3.45. The highest BCUT2D eigenvalue weighted by Crippen LogP contribution is 2.29. The van der Waals surface area contributed by atoms with Gasteiger partial charge in [0.15, 0.2) is 5.82 Å². The Morgan fingerprint density at radius 1 is 1.40 bits per heavy atom. The smallest absolute Gasteiger partial charge is 0.244 e. The van der Waals surface area contributed by atoms with Gasteiger partial charge in [-0.3, -0.25) is 9.69 Å². The van der Waals surface area contributed by atoms with Crippen LogP contribution >= 0.6 is 0 Å². The van der Waals surface area contributed by atoms with Crippen LogP contribution in [0.25, 0.3) is 0 Å². The Morgan fingerprint density at radius 3 is 2.80 bits per heavy atom. The molecule has 3 rings (SSSR count). The highest BCUT2D eigenvalue weighted by atomic mass is 16.5. The zero-order valence-corrected chi connectivity index (χ0v) is 15.2. The van der Waals surface area contributed by atoms with E-state index in [1.54, 1.807) is 6.92 Å². The number of carbonyl (C=O) groups excluding carboxylic acids is 1. The summed E-state index contributed by atoms with van der Waals surface area (Å²) in [7, 11) is 2.00. The van der Waals surface area contributed by atoms with Crippen LogP contribution in [0.15, 0.2) is 34.9 Å². The van der Waals surface area contributed by atoms with Gasteiger partial charge in [0.2, 0.25) is 11.8 Å². The molecule has 0 bridgehead atoms. The van der Waals surface area contributed by atoms with Gasteiger partial charge in [-0.25, -0.2) is 0 Å². The summed E-state index contributed by atoms with van der Waals surface area (Å²) in [4.78, 5) is 21.7. The number of carbonyl (C=O) groups is 1. The molecule has 1 aromatic carbocycles. The predicted molar refractivity (Wildman–Crippen MR) is 95.1 cm³/mol. The van der Waals surface area contributed by atoms with Crippen molar-refractivity contribution in [3.8, 4) is 0 Å². The zero-order valence-electron chi connectivity index (χ0n) is 15.2. The average molecular weight is 342 g/mol. The van der Waals surface area contributed by atoms with Gasteiger partial charge in [-0.05, 0) is 32.0 Å². The first-order valence-electron chi connectivity index (χ1n) is 8.94. The fourth-order valence-corrected chi connectivity index (χ4v) is 3.45. The largest absolute Gasteiger partial charge is 0.340 e. The van der Waals surface area contributed by atoms with E-state index in [1.807, 2.05) is 42.3 Å². The van der Waals surface area contributed by atoms with Gasteiger partial charge in [0, 0.05) is 25.9 Å². The van der Waals surface area contributed by atoms with E-state index < -0.39 is 0 Å². The molecule has 0 saturated carbocycles. The number of amides is 1. The SMILES string of the molecule is CCN(C)[C@@H](C(=O)N1CCC[C@H](c2noc(C)n2)C1)c1ccccc1. The van der Waals surface area contributed by atoms with E-state index in [4.69, 9.17) is 4.52 Å². The molecule has 0 aliphatic carbocycles. The van der Waals surface area contributed by atoms with Gasteiger partial charge in [0.25, 0.3) is 0 Å². The van der Waals surface area contributed by atoms with Crippen LogP contribution in [-0.4, -0.2) is 52.5 Å². The number of likely N-dealkylation sites (tertiary alicyclic amines) is 1. The van der Waals surface area contributed by atoms with Crippen molar-refractivity contribution in [3.05, 3.63) is 47.6 Å². The van der Waals surface area contributed by atoms with E-state index >= 15 is 0 Å². The second kappa shape index (κ2) is 7.78. The van der Waals surface area contributed by atoms with E-state index in [0.29, 0.717) is 12.4 Å². The van der Waals surface area contributed by atoms with Crippen LogP contribution in [0.4, 0.5) is 0 Å². The lowest BCUT2D eigenvalue weighted by molar-refractivity contribution is -0.138. The van der Waals surface area contributed by atoms with E-state index in [-0.39, 0.29) is 17.9 Å². The minimum Gasteiger partial charge on any atom is -0.340 e.